The average molecular weight is 447 g/mol. The summed E-state index contributed by atoms with van der Waals surface area (Å²) in [5.41, 5.74) is 6.23. The molecule has 8 heteroatoms. The molecule has 3 aromatic carbocycles. The first kappa shape index (κ1) is 23.5. The number of nitrogens with one attached hydrogen (secondary N) is 1. The van der Waals surface area contributed by atoms with Crippen molar-refractivity contribution in [1.29, 1.82) is 0 Å². The monoisotopic (exact) mass is 447 g/mol. The van der Waals surface area contributed by atoms with Crippen LogP contribution in [0.5, 0.6) is 11.5 Å². The number of hydrogen-bond acceptors (Lipinski definition) is 6. The minimum absolute atomic E-state index is 0.0291. The third-order valence-electron chi connectivity index (χ3n) is 4.93. The molecule has 1 N–H and O–H groups in total. The molecule has 0 unspecified atom stereocenters. The zero-order valence-corrected chi connectivity index (χ0v) is 18.5. The van der Waals surface area contributed by atoms with Crippen LogP contribution in [-0.4, -0.2) is 24.2 Å². The summed E-state index contributed by atoms with van der Waals surface area (Å²) in [6, 6.07) is 19.4. The van der Waals surface area contributed by atoms with Gasteiger partial charge in [-0.25, -0.2) is 5.43 Å². The number of hydrazone groups is 1. The minimum atomic E-state index is -0.444. The van der Waals surface area contributed by atoms with Crippen LogP contribution in [0.25, 0.3) is 0 Å². The molecule has 1 amide bonds. The van der Waals surface area contributed by atoms with Gasteiger partial charge >= 0.3 is 0 Å². The van der Waals surface area contributed by atoms with E-state index >= 15 is 0 Å². The maximum atomic E-state index is 12.1. The Bertz CT molecular complexity index is 1130. The van der Waals surface area contributed by atoms with E-state index in [0.717, 1.165) is 23.1 Å². The van der Waals surface area contributed by atoms with Crippen molar-refractivity contribution in [3.63, 3.8) is 0 Å². The van der Waals surface area contributed by atoms with Crippen LogP contribution in [0.1, 0.15) is 29.2 Å². The van der Waals surface area contributed by atoms with Gasteiger partial charge in [0.1, 0.15) is 6.61 Å². The molecule has 0 aliphatic rings. The Hall–Kier alpha value is -4.20. The highest BCUT2D eigenvalue weighted by atomic mass is 16.6. The average Bonchev–Trinajstić information content (AvgIpc) is 2.83. The first-order chi connectivity index (χ1) is 16.0. The molecule has 0 radical (unpaired) electrons. The van der Waals surface area contributed by atoms with Gasteiger partial charge in [0.2, 0.25) is 5.91 Å². The predicted molar refractivity (Wildman–Crippen MR) is 126 cm³/mol. The van der Waals surface area contributed by atoms with E-state index in [1.54, 1.807) is 30.3 Å². The van der Waals surface area contributed by atoms with Gasteiger partial charge in [-0.3, -0.25) is 14.9 Å². The van der Waals surface area contributed by atoms with Gasteiger partial charge in [-0.1, -0.05) is 31.2 Å². The molecule has 0 heterocycles. The lowest BCUT2D eigenvalue weighted by Gasteiger charge is -2.11. The van der Waals surface area contributed by atoms with Crippen molar-refractivity contribution in [1.82, 2.24) is 5.43 Å². The molecule has 0 fully saturated rings. The van der Waals surface area contributed by atoms with E-state index in [9.17, 15) is 14.9 Å². The lowest BCUT2D eigenvalue weighted by molar-refractivity contribution is -0.384. The summed E-state index contributed by atoms with van der Waals surface area (Å²) in [7, 11) is 1.53. The van der Waals surface area contributed by atoms with Crippen LogP contribution in [0.15, 0.2) is 71.8 Å². The van der Waals surface area contributed by atoms with Gasteiger partial charge in [0.25, 0.3) is 5.69 Å². The maximum absolute atomic E-state index is 12.1. The number of carbonyl (C=O) groups is 1. The summed E-state index contributed by atoms with van der Waals surface area (Å²) < 4.78 is 11.2. The molecule has 3 aromatic rings. The van der Waals surface area contributed by atoms with Crippen molar-refractivity contribution in [2.45, 2.75) is 26.4 Å². The third kappa shape index (κ3) is 6.90. The SMILES string of the molecule is CCc1ccc(CC(=O)N/N=C/c2ccc(OCc3ccc([N+](=O)[O-])cc3)c(OC)c2)cc1. The summed E-state index contributed by atoms with van der Waals surface area (Å²) >= 11 is 0. The normalized spacial score (nSPS) is 10.7. The van der Waals surface area contributed by atoms with Gasteiger partial charge in [0.15, 0.2) is 11.5 Å². The first-order valence-electron chi connectivity index (χ1n) is 10.4. The second kappa shape index (κ2) is 11.4. The molecule has 3 rings (SSSR count). The van der Waals surface area contributed by atoms with Crippen molar-refractivity contribution >= 4 is 17.8 Å². The Morgan fingerprint density at radius 2 is 1.67 bits per heavy atom. The van der Waals surface area contributed by atoms with E-state index < -0.39 is 4.92 Å². The van der Waals surface area contributed by atoms with Crippen LogP contribution in [0.2, 0.25) is 0 Å². The van der Waals surface area contributed by atoms with Crippen molar-refractivity contribution in [2.75, 3.05) is 7.11 Å². The smallest absolute Gasteiger partial charge is 0.269 e. The number of aryl methyl sites for hydroxylation is 1. The molecule has 8 nitrogen and oxygen atoms in total. The second-order valence-electron chi connectivity index (χ2n) is 7.26. The van der Waals surface area contributed by atoms with Crippen molar-refractivity contribution in [3.8, 4) is 11.5 Å². The molecule has 0 saturated heterocycles. The number of rotatable bonds is 10. The van der Waals surface area contributed by atoms with E-state index in [1.165, 1.54) is 31.0 Å². The molecule has 0 aliphatic carbocycles. The summed E-state index contributed by atoms with van der Waals surface area (Å²) in [5, 5.41) is 14.8. The standard InChI is InChI=1S/C25H25N3O5/c1-3-18-4-6-19(7-5-18)15-25(29)27-26-16-21-10-13-23(24(14-21)32-2)33-17-20-8-11-22(12-9-20)28(30)31/h4-14,16H,3,15,17H2,1-2H3,(H,27,29)/b26-16+. The number of carbonyl (C=O) groups excluding carboxylic acids is 1. The number of nitro benzene ring substituents is 1. The number of benzene rings is 3. The molecule has 0 bridgehead atoms. The number of non-ortho nitro benzene ring substituents is 1. The molecular weight excluding hydrogens is 422 g/mol. The van der Waals surface area contributed by atoms with Crippen LogP contribution in [0.4, 0.5) is 5.69 Å². The highest BCUT2D eigenvalue weighted by Gasteiger charge is 2.08. The summed E-state index contributed by atoms with van der Waals surface area (Å²) in [4.78, 5) is 22.4. The van der Waals surface area contributed by atoms with Gasteiger partial charge in [-0.2, -0.15) is 5.10 Å². The highest BCUT2D eigenvalue weighted by molar-refractivity contribution is 5.84. The Labute approximate surface area is 192 Å². The number of nitro groups is 1. The van der Waals surface area contributed by atoms with Crippen LogP contribution >= 0.6 is 0 Å². The quantitative estimate of drug-likeness (QED) is 0.281. The van der Waals surface area contributed by atoms with Gasteiger partial charge < -0.3 is 9.47 Å². The van der Waals surface area contributed by atoms with E-state index in [-0.39, 0.29) is 24.6 Å². The molecule has 33 heavy (non-hydrogen) atoms. The Kier molecular flexibility index (Phi) is 8.13. The van der Waals surface area contributed by atoms with Gasteiger partial charge in [0, 0.05) is 12.1 Å². The van der Waals surface area contributed by atoms with Crippen LogP contribution < -0.4 is 14.9 Å². The number of nitrogens with zero attached hydrogens (tertiary/aromatic N) is 2. The fourth-order valence-corrected chi connectivity index (χ4v) is 3.06. The Morgan fingerprint density at radius 3 is 2.30 bits per heavy atom. The summed E-state index contributed by atoms with van der Waals surface area (Å²) in [6.07, 6.45) is 2.74. The van der Waals surface area contributed by atoms with Crippen LogP contribution in [0.3, 0.4) is 0 Å². The van der Waals surface area contributed by atoms with Crippen molar-refractivity contribution < 1.29 is 19.2 Å². The molecular formula is C25H25N3O5. The number of methoxy groups -OCH3 is 1. The van der Waals surface area contributed by atoms with Crippen LogP contribution in [-0.2, 0) is 24.2 Å². The Balaban J connectivity index is 1.55. The molecule has 0 aromatic heterocycles. The highest BCUT2D eigenvalue weighted by Crippen LogP contribution is 2.28. The predicted octanol–water partition coefficient (Wildman–Crippen LogP) is 4.44. The van der Waals surface area contributed by atoms with Gasteiger partial charge in [0.05, 0.1) is 24.7 Å². The second-order valence-corrected chi connectivity index (χ2v) is 7.26. The maximum Gasteiger partial charge on any atom is 0.269 e. The lowest BCUT2D eigenvalue weighted by Crippen LogP contribution is -2.19. The van der Waals surface area contributed by atoms with Crippen molar-refractivity contribution in [3.05, 3.63) is 99.1 Å². The summed E-state index contributed by atoms with van der Waals surface area (Å²) in [5.74, 6) is 0.821. The van der Waals surface area contributed by atoms with Crippen molar-refractivity contribution in [2.24, 2.45) is 5.10 Å². The van der Waals surface area contributed by atoms with E-state index in [1.807, 2.05) is 24.3 Å². The zero-order valence-electron chi connectivity index (χ0n) is 18.5. The fourth-order valence-electron chi connectivity index (χ4n) is 3.06. The molecule has 0 atom stereocenters. The number of hydrogen-bond donors (Lipinski definition) is 1. The lowest BCUT2D eigenvalue weighted by atomic mass is 10.1. The van der Waals surface area contributed by atoms with Crippen LogP contribution in [0, 0.1) is 10.1 Å². The molecule has 0 aliphatic heterocycles. The summed E-state index contributed by atoms with van der Waals surface area (Å²) in [6.45, 7) is 2.32. The topological polar surface area (TPSA) is 103 Å². The Morgan fingerprint density at radius 1 is 1.00 bits per heavy atom. The fraction of sp³-hybridized carbons (Fsp3) is 0.200. The van der Waals surface area contributed by atoms with Gasteiger partial charge in [-0.15, -0.1) is 0 Å². The molecule has 0 spiro atoms. The van der Waals surface area contributed by atoms with E-state index in [4.69, 9.17) is 9.47 Å². The zero-order chi connectivity index (χ0) is 23.6. The minimum Gasteiger partial charge on any atom is -0.493 e. The first-order valence-corrected chi connectivity index (χ1v) is 10.4. The van der Waals surface area contributed by atoms with Gasteiger partial charge in [-0.05, 0) is 59.0 Å². The number of amides is 1. The number of ether oxygens (including phenoxy) is 2. The third-order valence-corrected chi connectivity index (χ3v) is 4.93. The largest absolute Gasteiger partial charge is 0.493 e. The molecule has 0 saturated carbocycles. The van der Waals surface area contributed by atoms with E-state index in [0.29, 0.717) is 11.5 Å². The molecule has 170 valence electrons. The van der Waals surface area contributed by atoms with E-state index in [2.05, 4.69) is 17.5 Å².